The molecule has 1 fully saturated rings. The lowest BCUT2D eigenvalue weighted by Crippen LogP contribution is -2.25. The molecule has 3 nitrogen and oxygen atoms in total. The number of nitrogens with zero attached hydrogens (tertiary/aromatic N) is 1. The molecule has 1 aliphatic heterocycles. The molecule has 0 amide bonds. The van der Waals surface area contributed by atoms with Gasteiger partial charge < -0.3 is 4.74 Å². The van der Waals surface area contributed by atoms with Crippen LogP contribution in [0.5, 0.6) is 0 Å². The Morgan fingerprint density at radius 2 is 2.47 bits per heavy atom. The second-order valence-electron chi connectivity index (χ2n) is 4.32. The molecule has 0 saturated carbocycles. The topological polar surface area (TPSA) is 39.2 Å². The molecule has 92 valence electrons. The van der Waals surface area contributed by atoms with Crippen LogP contribution in [0.25, 0.3) is 0 Å². The van der Waals surface area contributed by atoms with Crippen LogP contribution in [-0.2, 0) is 16.0 Å². The van der Waals surface area contributed by atoms with Gasteiger partial charge in [-0.15, -0.1) is 0 Å². The van der Waals surface area contributed by atoms with Crippen LogP contribution in [0.4, 0.5) is 0 Å². The highest BCUT2D eigenvalue weighted by molar-refractivity contribution is 6.31. The Morgan fingerprint density at radius 3 is 3.18 bits per heavy atom. The second kappa shape index (κ2) is 5.61. The van der Waals surface area contributed by atoms with E-state index in [1.165, 1.54) is 0 Å². The van der Waals surface area contributed by atoms with Crippen LogP contribution in [0, 0.1) is 5.92 Å². The van der Waals surface area contributed by atoms with E-state index < -0.39 is 0 Å². The highest BCUT2D eigenvalue weighted by Crippen LogP contribution is 2.26. The lowest BCUT2D eigenvalue weighted by molar-refractivity contribution is -0.123. The van der Waals surface area contributed by atoms with Crippen LogP contribution in [0.1, 0.15) is 25.3 Å². The van der Waals surface area contributed by atoms with Crippen molar-refractivity contribution >= 4 is 17.4 Å². The molecule has 0 N–H and O–H groups in total. The van der Waals surface area contributed by atoms with Crippen molar-refractivity contribution in [2.75, 3.05) is 6.61 Å². The van der Waals surface area contributed by atoms with Gasteiger partial charge in [-0.05, 0) is 24.5 Å². The van der Waals surface area contributed by atoms with Gasteiger partial charge in [0, 0.05) is 31.3 Å². The van der Waals surface area contributed by atoms with E-state index >= 15 is 0 Å². The maximum Gasteiger partial charge on any atom is 0.143 e. The molecular formula is C13H16ClNO2. The highest BCUT2D eigenvalue weighted by atomic mass is 35.5. The summed E-state index contributed by atoms with van der Waals surface area (Å²) in [7, 11) is 0. The summed E-state index contributed by atoms with van der Waals surface area (Å²) < 4.78 is 5.54. The molecule has 2 heterocycles. The number of carbonyl (C=O) groups is 1. The minimum absolute atomic E-state index is 0.0317. The Hall–Kier alpha value is -0.930. The fraction of sp³-hybridized carbons (Fsp3) is 0.538. The monoisotopic (exact) mass is 253 g/mol. The average Bonchev–Trinajstić information content (AvgIpc) is 2.80. The minimum Gasteiger partial charge on any atom is -0.377 e. The number of halogens is 1. The molecule has 4 heteroatoms. The van der Waals surface area contributed by atoms with Gasteiger partial charge in [0.15, 0.2) is 0 Å². The largest absolute Gasteiger partial charge is 0.377 e. The number of hydrogen-bond donors (Lipinski definition) is 0. The van der Waals surface area contributed by atoms with E-state index in [1.807, 2.05) is 0 Å². The number of aromatic nitrogens is 1. The summed E-state index contributed by atoms with van der Waals surface area (Å²) in [4.78, 5) is 16.1. The molecule has 0 aromatic carbocycles. The summed E-state index contributed by atoms with van der Waals surface area (Å²) >= 11 is 6.00. The van der Waals surface area contributed by atoms with Gasteiger partial charge in [0.05, 0.1) is 11.1 Å². The zero-order valence-electron chi connectivity index (χ0n) is 9.86. The Morgan fingerprint density at radius 1 is 1.65 bits per heavy atom. The maximum absolute atomic E-state index is 12.2. The van der Waals surface area contributed by atoms with Crippen LogP contribution >= 0.6 is 11.6 Å². The van der Waals surface area contributed by atoms with Crippen molar-refractivity contribution < 1.29 is 9.53 Å². The molecule has 0 spiro atoms. The predicted octanol–water partition coefficient (Wildman–Crippen LogP) is 2.66. The fourth-order valence-corrected chi connectivity index (χ4v) is 2.47. The van der Waals surface area contributed by atoms with Gasteiger partial charge in [0.1, 0.15) is 5.78 Å². The van der Waals surface area contributed by atoms with Gasteiger partial charge in [0.2, 0.25) is 0 Å². The van der Waals surface area contributed by atoms with Crippen molar-refractivity contribution in [2.45, 2.75) is 32.3 Å². The molecule has 2 unspecified atom stereocenters. The van der Waals surface area contributed by atoms with Crippen LogP contribution in [-0.4, -0.2) is 23.5 Å². The van der Waals surface area contributed by atoms with Gasteiger partial charge in [-0.2, -0.15) is 0 Å². The molecule has 0 radical (unpaired) electrons. The smallest absolute Gasteiger partial charge is 0.143 e. The normalized spacial score (nSPS) is 23.9. The van der Waals surface area contributed by atoms with Crippen molar-refractivity contribution in [1.29, 1.82) is 0 Å². The summed E-state index contributed by atoms with van der Waals surface area (Å²) in [5.41, 5.74) is 0.855. The van der Waals surface area contributed by atoms with E-state index in [0.717, 1.165) is 18.4 Å². The number of hydrogen-bond acceptors (Lipinski definition) is 3. The standard InChI is InChI=1S/C13H16ClNO2/c1-2-13-10(4-6-17-13)12(16)7-9-3-5-15-8-11(9)14/h3,5,8,10,13H,2,4,6-7H2,1H3. The zero-order valence-corrected chi connectivity index (χ0v) is 10.6. The maximum atomic E-state index is 12.2. The third-order valence-electron chi connectivity index (χ3n) is 3.25. The molecular weight excluding hydrogens is 238 g/mol. The van der Waals surface area contributed by atoms with E-state index in [2.05, 4.69) is 11.9 Å². The van der Waals surface area contributed by atoms with E-state index in [4.69, 9.17) is 16.3 Å². The zero-order chi connectivity index (χ0) is 12.3. The molecule has 1 aromatic heterocycles. The lowest BCUT2D eigenvalue weighted by Gasteiger charge is -2.15. The number of ketones is 1. The minimum atomic E-state index is 0.0317. The van der Waals surface area contributed by atoms with Crippen molar-refractivity contribution in [1.82, 2.24) is 4.98 Å². The lowest BCUT2D eigenvalue weighted by atomic mass is 9.91. The Balaban J connectivity index is 2.04. The van der Waals surface area contributed by atoms with Crippen molar-refractivity contribution in [3.05, 3.63) is 29.0 Å². The van der Waals surface area contributed by atoms with E-state index in [0.29, 0.717) is 18.1 Å². The van der Waals surface area contributed by atoms with E-state index in [9.17, 15) is 4.79 Å². The van der Waals surface area contributed by atoms with E-state index in [1.54, 1.807) is 18.5 Å². The Bertz CT molecular complexity index is 408. The summed E-state index contributed by atoms with van der Waals surface area (Å²) in [5, 5.41) is 0.563. The number of carbonyl (C=O) groups excluding carboxylic acids is 1. The summed E-state index contributed by atoms with van der Waals surface area (Å²) in [6.45, 7) is 2.74. The quantitative estimate of drug-likeness (QED) is 0.828. The summed E-state index contributed by atoms with van der Waals surface area (Å²) in [6.07, 6.45) is 5.43. The van der Waals surface area contributed by atoms with Gasteiger partial charge in [-0.1, -0.05) is 18.5 Å². The predicted molar refractivity (Wildman–Crippen MR) is 66.1 cm³/mol. The summed E-state index contributed by atoms with van der Waals surface area (Å²) in [5.74, 6) is 0.256. The molecule has 1 saturated heterocycles. The van der Waals surface area contributed by atoms with Crippen LogP contribution < -0.4 is 0 Å². The van der Waals surface area contributed by atoms with Gasteiger partial charge in [-0.25, -0.2) is 0 Å². The molecule has 0 aliphatic carbocycles. The van der Waals surface area contributed by atoms with Crippen molar-refractivity contribution in [2.24, 2.45) is 5.92 Å². The molecule has 2 rings (SSSR count). The molecule has 2 atom stereocenters. The first kappa shape index (κ1) is 12.5. The van der Waals surface area contributed by atoms with Crippen molar-refractivity contribution in [3.8, 4) is 0 Å². The van der Waals surface area contributed by atoms with Crippen molar-refractivity contribution in [3.63, 3.8) is 0 Å². The highest BCUT2D eigenvalue weighted by Gasteiger charge is 2.32. The van der Waals surface area contributed by atoms with Crippen LogP contribution in [0.15, 0.2) is 18.5 Å². The fourth-order valence-electron chi connectivity index (χ4n) is 2.29. The average molecular weight is 254 g/mol. The molecule has 17 heavy (non-hydrogen) atoms. The van der Waals surface area contributed by atoms with Crippen LogP contribution in [0.2, 0.25) is 5.02 Å². The third kappa shape index (κ3) is 2.85. The van der Waals surface area contributed by atoms with Gasteiger partial charge in [-0.3, -0.25) is 9.78 Å². The van der Waals surface area contributed by atoms with Gasteiger partial charge >= 0.3 is 0 Å². The SMILES string of the molecule is CCC1OCCC1C(=O)Cc1ccncc1Cl. The third-order valence-corrected chi connectivity index (χ3v) is 3.59. The molecule has 1 aliphatic rings. The Kier molecular flexibility index (Phi) is 4.13. The van der Waals surface area contributed by atoms with Gasteiger partial charge in [0.25, 0.3) is 0 Å². The number of rotatable bonds is 4. The van der Waals surface area contributed by atoms with E-state index in [-0.39, 0.29) is 17.8 Å². The Labute approximate surface area is 106 Å². The van der Waals surface area contributed by atoms with Crippen LogP contribution in [0.3, 0.4) is 0 Å². The number of Topliss-reactive ketones (excluding diaryl/α,β-unsaturated/α-hetero) is 1. The molecule has 1 aromatic rings. The first-order chi connectivity index (χ1) is 8.22. The first-order valence-corrected chi connectivity index (χ1v) is 6.33. The first-order valence-electron chi connectivity index (χ1n) is 5.95. The summed E-state index contributed by atoms with van der Waals surface area (Å²) in [6, 6.07) is 1.80. The molecule has 0 bridgehead atoms. The second-order valence-corrected chi connectivity index (χ2v) is 4.73. The number of ether oxygens (including phenoxy) is 1. The number of pyridine rings is 1.